The van der Waals surface area contributed by atoms with Gasteiger partial charge in [0.15, 0.2) is 11.5 Å². The van der Waals surface area contributed by atoms with Crippen molar-refractivity contribution < 1.29 is 19.0 Å². The van der Waals surface area contributed by atoms with Crippen LogP contribution in [0, 0.1) is 0 Å². The average Bonchev–Trinajstić information content (AvgIpc) is 2.56. The van der Waals surface area contributed by atoms with Gasteiger partial charge in [0, 0.05) is 15.6 Å². The Bertz CT molecular complexity index is 762. The van der Waals surface area contributed by atoms with Gasteiger partial charge in [-0.3, -0.25) is 0 Å². The summed E-state index contributed by atoms with van der Waals surface area (Å²) in [4.78, 5) is 11.9. The van der Waals surface area contributed by atoms with Crippen LogP contribution in [0.4, 0.5) is 0 Å². The monoisotopic (exact) mass is 402 g/mol. The number of rotatable bonds is 7. The lowest BCUT2D eigenvalue weighted by molar-refractivity contribution is 0.0525. The third-order valence-electron chi connectivity index (χ3n) is 3.21. The second kappa shape index (κ2) is 9.18. The van der Waals surface area contributed by atoms with Gasteiger partial charge in [-0.15, -0.1) is 0 Å². The molecule has 0 aliphatic heterocycles. The van der Waals surface area contributed by atoms with E-state index < -0.39 is 5.97 Å². The predicted molar refractivity (Wildman–Crippen MR) is 99.4 cm³/mol. The van der Waals surface area contributed by atoms with Crippen molar-refractivity contribution in [3.8, 4) is 11.5 Å². The molecule has 0 amide bonds. The molecule has 7 heteroatoms. The molecule has 0 atom stereocenters. The number of esters is 1. The van der Waals surface area contributed by atoms with E-state index in [1.54, 1.807) is 31.2 Å². The van der Waals surface area contributed by atoms with Crippen LogP contribution in [0.25, 0.3) is 0 Å². The quantitative estimate of drug-likeness (QED) is 0.548. The van der Waals surface area contributed by atoms with Crippen molar-refractivity contribution in [1.82, 2.24) is 0 Å². The molecular weight excluding hydrogens is 387 g/mol. The van der Waals surface area contributed by atoms with Crippen molar-refractivity contribution >= 4 is 40.8 Å². The summed E-state index contributed by atoms with van der Waals surface area (Å²) >= 11 is 18.3. The third kappa shape index (κ3) is 5.18. The molecule has 134 valence electrons. The van der Waals surface area contributed by atoms with Crippen LogP contribution in [0.3, 0.4) is 0 Å². The van der Waals surface area contributed by atoms with Crippen molar-refractivity contribution in [2.24, 2.45) is 0 Å². The highest BCUT2D eigenvalue weighted by Gasteiger charge is 2.17. The molecule has 0 aliphatic carbocycles. The van der Waals surface area contributed by atoms with Crippen molar-refractivity contribution in [2.45, 2.75) is 20.5 Å². The van der Waals surface area contributed by atoms with Gasteiger partial charge in [-0.2, -0.15) is 0 Å². The molecule has 2 rings (SSSR count). The highest BCUT2D eigenvalue weighted by molar-refractivity contribution is 6.35. The third-order valence-corrected chi connectivity index (χ3v) is 4.08. The SMILES string of the molecule is CCOC(=O)c1cc(Cl)c(OCc2ccc(Cl)cc2Cl)c(OCC)c1. The summed E-state index contributed by atoms with van der Waals surface area (Å²) in [6, 6.07) is 8.16. The molecule has 0 saturated heterocycles. The largest absolute Gasteiger partial charge is 0.490 e. The van der Waals surface area contributed by atoms with E-state index in [0.717, 1.165) is 5.56 Å². The zero-order valence-electron chi connectivity index (χ0n) is 13.8. The second-order valence-corrected chi connectivity index (χ2v) is 6.21. The molecule has 25 heavy (non-hydrogen) atoms. The molecule has 0 aliphatic rings. The first-order valence-electron chi connectivity index (χ1n) is 7.66. The molecule has 0 radical (unpaired) electrons. The fourth-order valence-electron chi connectivity index (χ4n) is 2.09. The highest BCUT2D eigenvalue weighted by atomic mass is 35.5. The van der Waals surface area contributed by atoms with E-state index in [2.05, 4.69) is 0 Å². The summed E-state index contributed by atoms with van der Waals surface area (Å²) in [6.07, 6.45) is 0. The fourth-order valence-corrected chi connectivity index (χ4v) is 2.82. The molecule has 0 spiro atoms. The van der Waals surface area contributed by atoms with E-state index >= 15 is 0 Å². The lowest BCUT2D eigenvalue weighted by Gasteiger charge is -2.15. The van der Waals surface area contributed by atoms with E-state index in [-0.39, 0.29) is 18.2 Å². The Kier molecular flexibility index (Phi) is 7.24. The van der Waals surface area contributed by atoms with Gasteiger partial charge in [0.2, 0.25) is 0 Å². The summed E-state index contributed by atoms with van der Waals surface area (Å²) < 4.78 is 16.3. The van der Waals surface area contributed by atoms with Gasteiger partial charge in [-0.25, -0.2) is 4.79 Å². The van der Waals surface area contributed by atoms with Gasteiger partial charge in [-0.1, -0.05) is 40.9 Å². The topological polar surface area (TPSA) is 44.8 Å². The molecule has 0 heterocycles. The molecule has 0 unspecified atom stereocenters. The summed E-state index contributed by atoms with van der Waals surface area (Å²) in [7, 11) is 0. The fraction of sp³-hybridized carbons (Fsp3) is 0.278. The van der Waals surface area contributed by atoms with E-state index in [1.807, 2.05) is 6.92 Å². The van der Waals surface area contributed by atoms with Crippen LogP contribution >= 0.6 is 34.8 Å². The lowest BCUT2D eigenvalue weighted by atomic mass is 10.2. The summed E-state index contributed by atoms with van der Waals surface area (Å²) in [5, 5.41) is 1.28. The molecular formula is C18H17Cl3O4. The number of hydrogen-bond acceptors (Lipinski definition) is 4. The van der Waals surface area contributed by atoms with Crippen LogP contribution in [-0.2, 0) is 11.3 Å². The predicted octanol–water partition coefficient (Wildman–Crippen LogP) is 5.80. The van der Waals surface area contributed by atoms with Gasteiger partial charge in [0.1, 0.15) is 6.61 Å². The van der Waals surface area contributed by atoms with Gasteiger partial charge < -0.3 is 14.2 Å². The molecule has 2 aromatic carbocycles. The van der Waals surface area contributed by atoms with E-state index in [1.165, 1.54) is 6.07 Å². The standard InChI is InChI=1S/C18H17Cl3O4/c1-3-23-16-8-12(18(22)24-4-2)7-15(21)17(16)25-10-11-5-6-13(19)9-14(11)20/h5-9H,3-4,10H2,1-2H3. The molecule has 2 aromatic rings. The zero-order chi connectivity index (χ0) is 18.4. The van der Waals surface area contributed by atoms with Crippen molar-refractivity contribution in [1.29, 1.82) is 0 Å². The lowest BCUT2D eigenvalue weighted by Crippen LogP contribution is -2.07. The maximum atomic E-state index is 11.9. The van der Waals surface area contributed by atoms with Crippen molar-refractivity contribution in [3.63, 3.8) is 0 Å². The normalized spacial score (nSPS) is 10.4. The Morgan fingerprint density at radius 2 is 1.72 bits per heavy atom. The van der Waals surface area contributed by atoms with Crippen molar-refractivity contribution in [2.75, 3.05) is 13.2 Å². The molecule has 0 fully saturated rings. The van der Waals surface area contributed by atoms with E-state index in [0.29, 0.717) is 33.7 Å². The van der Waals surface area contributed by atoms with Crippen LogP contribution in [0.1, 0.15) is 29.8 Å². The Morgan fingerprint density at radius 1 is 0.960 bits per heavy atom. The highest BCUT2D eigenvalue weighted by Crippen LogP contribution is 2.38. The number of halogens is 3. The Labute approximate surface area is 161 Å². The van der Waals surface area contributed by atoms with Gasteiger partial charge >= 0.3 is 5.97 Å². The van der Waals surface area contributed by atoms with Crippen LogP contribution in [0.15, 0.2) is 30.3 Å². The average molecular weight is 404 g/mol. The minimum Gasteiger partial charge on any atom is -0.490 e. The van der Waals surface area contributed by atoms with Crippen LogP contribution in [0.2, 0.25) is 15.1 Å². The second-order valence-electron chi connectivity index (χ2n) is 4.96. The van der Waals surface area contributed by atoms with Crippen LogP contribution in [0.5, 0.6) is 11.5 Å². The Morgan fingerprint density at radius 3 is 2.36 bits per heavy atom. The zero-order valence-corrected chi connectivity index (χ0v) is 16.0. The number of hydrogen-bond donors (Lipinski definition) is 0. The minimum absolute atomic E-state index is 0.175. The maximum absolute atomic E-state index is 11.9. The first kappa shape index (κ1) is 19.7. The van der Waals surface area contributed by atoms with E-state index in [9.17, 15) is 4.79 Å². The first-order chi connectivity index (χ1) is 12.0. The van der Waals surface area contributed by atoms with Gasteiger partial charge in [0.05, 0.1) is 23.8 Å². The smallest absolute Gasteiger partial charge is 0.338 e. The number of ether oxygens (including phenoxy) is 3. The molecule has 0 aromatic heterocycles. The maximum Gasteiger partial charge on any atom is 0.338 e. The van der Waals surface area contributed by atoms with Crippen LogP contribution < -0.4 is 9.47 Å². The number of carbonyl (C=O) groups is 1. The molecule has 0 saturated carbocycles. The first-order valence-corrected chi connectivity index (χ1v) is 8.79. The molecule has 0 bridgehead atoms. The van der Waals surface area contributed by atoms with Gasteiger partial charge in [0.25, 0.3) is 0 Å². The van der Waals surface area contributed by atoms with Gasteiger partial charge in [-0.05, 0) is 38.1 Å². The Hall–Kier alpha value is -1.62. The summed E-state index contributed by atoms with van der Waals surface area (Å²) in [6.45, 7) is 4.39. The molecule has 4 nitrogen and oxygen atoms in total. The number of carbonyl (C=O) groups excluding carboxylic acids is 1. The van der Waals surface area contributed by atoms with E-state index in [4.69, 9.17) is 49.0 Å². The Balaban J connectivity index is 2.28. The number of benzene rings is 2. The van der Waals surface area contributed by atoms with Crippen LogP contribution in [-0.4, -0.2) is 19.2 Å². The van der Waals surface area contributed by atoms with Crippen molar-refractivity contribution in [3.05, 3.63) is 56.5 Å². The minimum atomic E-state index is -0.474. The molecule has 0 N–H and O–H groups in total. The summed E-state index contributed by atoms with van der Waals surface area (Å²) in [5.41, 5.74) is 1.05. The summed E-state index contributed by atoms with van der Waals surface area (Å²) in [5.74, 6) is 0.225.